The van der Waals surface area contributed by atoms with Gasteiger partial charge in [0.15, 0.2) is 6.10 Å². The van der Waals surface area contributed by atoms with Gasteiger partial charge in [0.1, 0.15) is 17.1 Å². The van der Waals surface area contributed by atoms with Crippen molar-refractivity contribution in [2.75, 3.05) is 0 Å². The van der Waals surface area contributed by atoms with Gasteiger partial charge in [-0.15, -0.1) is 0 Å². The molecule has 4 nitrogen and oxygen atoms in total. The second-order valence-corrected chi connectivity index (χ2v) is 8.29. The van der Waals surface area contributed by atoms with Gasteiger partial charge in [-0.2, -0.15) is 0 Å². The Bertz CT molecular complexity index is 1050. The lowest BCUT2D eigenvalue weighted by Crippen LogP contribution is -2.47. The first kappa shape index (κ1) is 21.2. The Morgan fingerprint density at radius 1 is 1.03 bits per heavy atom. The zero-order valence-corrected chi connectivity index (χ0v) is 18.6. The topological polar surface area (TPSA) is 47.6 Å². The molecule has 2 atom stereocenters. The molecule has 3 aromatic rings. The summed E-state index contributed by atoms with van der Waals surface area (Å²) >= 11 is 0. The van der Waals surface area contributed by atoms with Crippen molar-refractivity contribution in [2.24, 2.45) is 0 Å². The van der Waals surface area contributed by atoms with E-state index in [1.807, 2.05) is 61.5 Å². The number of benzene rings is 3. The van der Waals surface area contributed by atoms with Gasteiger partial charge in [0, 0.05) is 17.4 Å². The van der Waals surface area contributed by atoms with Crippen molar-refractivity contribution in [2.45, 2.75) is 64.2 Å². The Morgan fingerprint density at radius 2 is 1.74 bits per heavy atom. The maximum absolute atomic E-state index is 13.3. The number of rotatable bonds is 7. The molecule has 162 valence electrons. The quantitative estimate of drug-likeness (QED) is 0.498. The zero-order chi connectivity index (χ0) is 21.8. The Morgan fingerprint density at radius 3 is 2.52 bits per heavy atom. The lowest BCUT2D eigenvalue weighted by Gasteiger charge is -2.42. The first-order valence-corrected chi connectivity index (χ1v) is 11.3. The van der Waals surface area contributed by atoms with Gasteiger partial charge in [-0.3, -0.25) is 4.79 Å². The van der Waals surface area contributed by atoms with Crippen LogP contribution in [0.3, 0.4) is 0 Å². The maximum atomic E-state index is 13.3. The molecule has 1 amide bonds. The third kappa shape index (κ3) is 4.25. The Kier molecular flexibility index (Phi) is 6.17. The van der Waals surface area contributed by atoms with Gasteiger partial charge in [0.25, 0.3) is 5.91 Å². The summed E-state index contributed by atoms with van der Waals surface area (Å²) in [4.78, 5) is 13.3. The van der Waals surface area contributed by atoms with E-state index in [-0.39, 0.29) is 17.6 Å². The molecule has 0 spiro atoms. The Balaban J connectivity index is 1.57. The standard InChI is InChI=1S/C27H31NO3/c1-4-23(30-24-17-11-13-19-12-7-8-14-20(19)24)26(29)28-22-18-27(5-2,6-3)31-25-16-10-9-15-21(22)25/h7-17,22-23H,4-6,18H2,1-3H3,(H,28,29). The number of nitrogens with one attached hydrogen (secondary N) is 1. The molecule has 0 bridgehead atoms. The van der Waals surface area contributed by atoms with Crippen LogP contribution in [-0.2, 0) is 4.79 Å². The van der Waals surface area contributed by atoms with Crippen LogP contribution in [0.25, 0.3) is 10.8 Å². The molecule has 4 rings (SSSR count). The van der Waals surface area contributed by atoms with Crippen LogP contribution in [0.2, 0.25) is 0 Å². The lowest BCUT2D eigenvalue weighted by atomic mass is 9.83. The van der Waals surface area contributed by atoms with Crippen molar-refractivity contribution in [3.63, 3.8) is 0 Å². The molecule has 0 saturated carbocycles. The van der Waals surface area contributed by atoms with Gasteiger partial charge in [-0.25, -0.2) is 0 Å². The highest BCUT2D eigenvalue weighted by atomic mass is 16.5. The Hall–Kier alpha value is -3.01. The minimum Gasteiger partial charge on any atom is -0.487 e. The van der Waals surface area contributed by atoms with E-state index in [9.17, 15) is 4.79 Å². The van der Waals surface area contributed by atoms with E-state index in [2.05, 4.69) is 31.3 Å². The van der Waals surface area contributed by atoms with E-state index < -0.39 is 6.10 Å². The summed E-state index contributed by atoms with van der Waals surface area (Å²) in [5.41, 5.74) is 0.776. The van der Waals surface area contributed by atoms with Crippen molar-refractivity contribution < 1.29 is 14.3 Å². The number of carbonyl (C=O) groups excluding carboxylic acids is 1. The minimum atomic E-state index is -0.557. The van der Waals surface area contributed by atoms with Gasteiger partial charge in [-0.1, -0.05) is 75.4 Å². The summed E-state index contributed by atoms with van der Waals surface area (Å²) in [5.74, 6) is 1.52. The number of hydrogen-bond acceptors (Lipinski definition) is 3. The SMILES string of the molecule is CCC(Oc1cccc2ccccc12)C(=O)NC1CC(CC)(CC)Oc2ccccc21. The molecule has 0 fully saturated rings. The third-order valence-corrected chi connectivity index (χ3v) is 6.48. The van der Waals surface area contributed by atoms with Crippen LogP contribution in [0.5, 0.6) is 11.5 Å². The molecular formula is C27H31NO3. The van der Waals surface area contributed by atoms with E-state index in [1.165, 1.54) is 0 Å². The van der Waals surface area contributed by atoms with Crippen molar-refractivity contribution in [1.29, 1.82) is 0 Å². The smallest absolute Gasteiger partial charge is 0.261 e. The molecule has 1 N–H and O–H groups in total. The van der Waals surface area contributed by atoms with Crippen molar-refractivity contribution in [1.82, 2.24) is 5.32 Å². The molecule has 0 radical (unpaired) electrons. The van der Waals surface area contributed by atoms with Gasteiger partial charge in [0.05, 0.1) is 6.04 Å². The predicted octanol–water partition coefficient (Wildman–Crippen LogP) is 6.20. The normalized spacial score (nSPS) is 18.0. The van der Waals surface area contributed by atoms with E-state index in [0.717, 1.165) is 47.1 Å². The molecule has 31 heavy (non-hydrogen) atoms. The van der Waals surface area contributed by atoms with Gasteiger partial charge in [0.2, 0.25) is 0 Å². The monoisotopic (exact) mass is 417 g/mol. The van der Waals surface area contributed by atoms with Crippen LogP contribution in [0.15, 0.2) is 66.7 Å². The first-order chi connectivity index (χ1) is 15.1. The number of amides is 1. The molecule has 0 saturated heterocycles. The molecule has 2 unspecified atom stereocenters. The Labute approximate surface area is 184 Å². The summed E-state index contributed by atoms with van der Waals surface area (Å²) in [6.07, 6.45) is 2.58. The number of fused-ring (bicyclic) bond motifs is 2. The predicted molar refractivity (Wildman–Crippen MR) is 125 cm³/mol. The highest BCUT2D eigenvalue weighted by molar-refractivity contribution is 5.89. The molecule has 0 aromatic heterocycles. The number of ether oxygens (including phenoxy) is 2. The van der Waals surface area contributed by atoms with Crippen molar-refractivity contribution in [3.8, 4) is 11.5 Å². The first-order valence-electron chi connectivity index (χ1n) is 11.3. The summed E-state index contributed by atoms with van der Waals surface area (Å²) in [6, 6.07) is 22.0. The van der Waals surface area contributed by atoms with E-state index in [4.69, 9.17) is 9.47 Å². The highest BCUT2D eigenvalue weighted by Crippen LogP contribution is 2.42. The van der Waals surface area contributed by atoms with E-state index in [0.29, 0.717) is 6.42 Å². The van der Waals surface area contributed by atoms with Crippen molar-refractivity contribution in [3.05, 3.63) is 72.3 Å². The average molecular weight is 418 g/mol. The highest BCUT2D eigenvalue weighted by Gasteiger charge is 2.39. The maximum Gasteiger partial charge on any atom is 0.261 e. The van der Waals surface area contributed by atoms with E-state index in [1.54, 1.807) is 0 Å². The fourth-order valence-electron chi connectivity index (χ4n) is 4.47. The molecule has 0 aliphatic carbocycles. The zero-order valence-electron chi connectivity index (χ0n) is 18.6. The molecule has 3 aromatic carbocycles. The van der Waals surface area contributed by atoms with Crippen LogP contribution in [0.1, 0.15) is 58.1 Å². The number of carbonyl (C=O) groups is 1. The molecule has 1 heterocycles. The van der Waals surface area contributed by atoms with Crippen molar-refractivity contribution >= 4 is 16.7 Å². The minimum absolute atomic E-state index is 0.0850. The molecule has 4 heteroatoms. The fourth-order valence-corrected chi connectivity index (χ4v) is 4.47. The van der Waals surface area contributed by atoms with Crippen LogP contribution in [0, 0.1) is 0 Å². The van der Waals surface area contributed by atoms with E-state index >= 15 is 0 Å². The van der Waals surface area contributed by atoms with Gasteiger partial charge < -0.3 is 14.8 Å². The third-order valence-electron chi connectivity index (χ3n) is 6.48. The summed E-state index contributed by atoms with van der Waals surface area (Å²) in [7, 11) is 0. The second kappa shape index (κ2) is 9.01. The average Bonchev–Trinajstić information content (AvgIpc) is 2.82. The van der Waals surface area contributed by atoms with Crippen LogP contribution in [-0.4, -0.2) is 17.6 Å². The second-order valence-electron chi connectivity index (χ2n) is 8.29. The number of para-hydroxylation sites is 1. The summed E-state index contributed by atoms with van der Waals surface area (Å²) in [5, 5.41) is 5.39. The summed E-state index contributed by atoms with van der Waals surface area (Å²) in [6.45, 7) is 6.28. The molecule has 1 aliphatic rings. The van der Waals surface area contributed by atoms with Crippen LogP contribution < -0.4 is 14.8 Å². The van der Waals surface area contributed by atoms with Gasteiger partial charge >= 0.3 is 0 Å². The van der Waals surface area contributed by atoms with Crippen LogP contribution >= 0.6 is 0 Å². The fraction of sp³-hybridized carbons (Fsp3) is 0.370. The summed E-state index contributed by atoms with van der Waals surface area (Å²) < 4.78 is 12.6. The molecule has 1 aliphatic heterocycles. The largest absolute Gasteiger partial charge is 0.487 e. The number of hydrogen-bond donors (Lipinski definition) is 1. The molecular weight excluding hydrogens is 386 g/mol. The van der Waals surface area contributed by atoms with Crippen LogP contribution in [0.4, 0.5) is 0 Å². The lowest BCUT2D eigenvalue weighted by molar-refractivity contribution is -0.129. The van der Waals surface area contributed by atoms with Gasteiger partial charge in [-0.05, 0) is 36.8 Å².